The Balaban J connectivity index is 1.86. The van der Waals surface area contributed by atoms with Crippen molar-refractivity contribution in [2.24, 2.45) is 4.99 Å². The van der Waals surface area contributed by atoms with E-state index < -0.39 is 0 Å². The van der Waals surface area contributed by atoms with Crippen molar-refractivity contribution in [1.82, 2.24) is 14.5 Å². The van der Waals surface area contributed by atoms with E-state index in [0.717, 1.165) is 39.3 Å². The molecule has 1 aliphatic carbocycles. The van der Waals surface area contributed by atoms with Crippen LogP contribution in [0.3, 0.4) is 0 Å². The number of rotatable bonds is 4. The van der Waals surface area contributed by atoms with E-state index in [0.29, 0.717) is 21.3 Å². The van der Waals surface area contributed by atoms with Gasteiger partial charge in [0.25, 0.3) is 0 Å². The molecule has 3 aromatic rings. The number of hydrogen-bond acceptors (Lipinski definition) is 4. The average molecular weight is 506 g/mol. The highest BCUT2D eigenvalue weighted by molar-refractivity contribution is 6.42. The first-order chi connectivity index (χ1) is 16.8. The highest BCUT2D eigenvalue weighted by Gasteiger charge is 2.18. The van der Waals surface area contributed by atoms with Gasteiger partial charge in [0.05, 0.1) is 54.9 Å². The summed E-state index contributed by atoms with van der Waals surface area (Å²) in [4.78, 5) is 14.0. The summed E-state index contributed by atoms with van der Waals surface area (Å²) < 4.78 is 16.2. The van der Waals surface area contributed by atoms with Gasteiger partial charge in [-0.15, -0.1) is 0 Å². The molecule has 0 amide bonds. The highest BCUT2D eigenvalue weighted by atomic mass is 35.5. The minimum atomic E-state index is -0.360. The SMILES string of the molecule is Cc1ncccc1Nc1cc2nc3cc(F)ccc3n(-c3ccc(Cl)c(Cl)c3)c-2cc1=NC(C)C. The molecule has 0 unspecified atom stereocenters. The first-order valence-corrected chi connectivity index (χ1v) is 11.9. The summed E-state index contributed by atoms with van der Waals surface area (Å²) in [6.07, 6.45) is 1.75. The standard InChI is InChI=1S/C27H22Cl2FN5/c1-15(2)32-23-14-27-25(13-22(23)33-21-5-4-10-31-16(21)3)34-24-11-17(30)6-9-26(24)35(27)18-7-8-19(28)20(29)12-18/h4-15,33H,1-3H3. The predicted molar refractivity (Wildman–Crippen MR) is 141 cm³/mol. The van der Waals surface area contributed by atoms with Gasteiger partial charge in [0.15, 0.2) is 0 Å². The summed E-state index contributed by atoms with van der Waals surface area (Å²) in [5.41, 5.74) is 6.02. The van der Waals surface area contributed by atoms with Crippen LogP contribution in [0.4, 0.5) is 15.8 Å². The van der Waals surface area contributed by atoms with Gasteiger partial charge in [-0.3, -0.25) is 9.98 Å². The number of anilines is 2. The molecule has 2 heterocycles. The van der Waals surface area contributed by atoms with E-state index in [1.165, 1.54) is 12.1 Å². The zero-order valence-corrected chi connectivity index (χ0v) is 20.9. The number of pyridine rings is 1. The van der Waals surface area contributed by atoms with Crippen LogP contribution in [0.25, 0.3) is 28.1 Å². The molecule has 0 radical (unpaired) electrons. The Bertz CT molecular complexity index is 1610. The first kappa shape index (κ1) is 23.3. The van der Waals surface area contributed by atoms with E-state index in [2.05, 4.69) is 10.3 Å². The second-order valence-corrected chi connectivity index (χ2v) is 9.34. The van der Waals surface area contributed by atoms with Crippen molar-refractivity contribution in [3.8, 4) is 17.1 Å². The molecule has 2 aliphatic rings. The van der Waals surface area contributed by atoms with Gasteiger partial charge in [0, 0.05) is 24.0 Å². The molecule has 0 atom stereocenters. The lowest BCUT2D eigenvalue weighted by Gasteiger charge is -2.21. The number of benzene rings is 3. The Morgan fingerprint density at radius 2 is 1.80 bits per heavy atom. The topological polar surface area (TPSA) is 55.1 Å². The van der Waals surface area contributed by atoms with Crippen molar-refractivity contribution in [1.29, 1.82) is 0 Å². The van der Waals surface area contributed by atoms with E-state index in [9.17, 15) is 4.39 Å². The number of aromatic nitrogens is 3. The molecule has 5 nitrogen and oxygen atoms in total. The number of nitrogens with one attached hydrogen (secondary N) is 1. The van der Waals surface area contributed by atoms with E-state index in [1.807, 2.05) is 55.7 Å². The van der Waals surface area contributed by atoms with Gasteiger partial charge in [-0.05, 0) is 75.4 Å². The van der Waals surface area contributed by atoms with Crippen LogP contribution in [0.5, 0.6) is 0 Å². The summed E-state index contributed by atoms with van der Waals surface area (Å²) >= 11 is 12.6. The molecule has 35 heavy (non-hydrogen) atoms. The van der Waals surface area contributed by atoms with Gasteiger partial charge in [-0.2, -0.15) is 0 Å². The molecule has 0 bridgehead atoms. The van der Waals surface area contributed by atoms with E-state index >= 15 is 0 Å². The van der Waals surface area contributed by atoms with Crippen LogP contribution in [0.1, 0.15) is 19.5 Å². The van der Waals surface area contributed by atoms with Crippen molar-refractivity contribution in [3.63, 3.8) is 0 Å². The maximum atomic E-state index is 14.2. The monoisotopic (exact) mass is 505 g/mol. The molecule has 176 valence electrons. The Hall–Kier alpha value is -3.48. The molecule has 0 saturated heterocycles. The molecule has 2 aromatic carbocycles. The largest absolute Gasteiger partial charge is 0.352 e. The smallest absolute Gasteiger partial charge is 0.125 e. The normalized spacial score (nSPS) is 12.1. The van der Waals surface area contributed by atoms with Crippen molar-refractivity contribution >= 4 is 45.6 Å². The van der Waals surface area contributed by atoms with Crippen LogP contribution in [0.15, 0.2) is 71.9 Å². The third-order valence-electron chi connectivity index (χ3n) is 5.59. The third kappa shape index (κ3) is 4.59. The summed E-state index contributed by atoms with van der Waals surface area (Å²) in [5.74, 6) is -0.360. The van der Waals surface area contributed by atoms with Crippen LogP contribution in [-0.4, -0.2) is 20.6 Å². The quantitative estimate of drug-likeness (QED) is 0.260. The van der Waals surface area contributed by atoms with E-state index in [1.54, 1.807) is 24.4 Å². The second-order valence-electron chi connectivity index (χ2n) is 8.52. The lowest BCUT2D eigenvalue weighted by Crippen LogP contribution is -2.17. The Kier molecular flexibility index (Phi) is 6.17. The van der Waals surface area contributed by atoms with Crippen LogP contribution in [0, 0.1) is 12.7 Å². The maximum absolute atomic E-state index is 14.2. The van der Waals surface area contributed by atoms with E-state index in [-0.39, 0.29) is 11.9 Å². The van der Waals surface area contributed by atoms with Gasteiger partial charge in [-0.25, -0.2) is 9.37 Å². The Labute approximate surface area is 212 Å². The van der Waals surface area contributed by atoms with Crippen LogP contribution in [0.2, 0.25) is 10.0 Å². The van der Waals surface area contributed by atoms with Crippen molar-refractivity contribution < 1.29 is 4.39 Å². The Morgan fingerprint density at radius 1 is 0.971 bits per heavy atom. The van der Waals surface area contributed by atoms with Gasteiger partial charge in [0.2, 0.25) is 0 Å². The minimum absolute atomic E-state index is 0.0592. The highest BCUT2D eigenvalue weighted by Crippen LogP contribution is 2.33. The Morgan fingerprint density at radius 3 is 2.54 bits per heavy atom. The van der Waals surface area contributed by atoms with Gasteiger partial charge in [0.1, 0.15) is 5.82 Å². The molecular formula is C27H22Cl2FN5. The molecule has 5 rings (SSSR count). The zero-order valence-electron chi connectivity index (χ0n) is 19.4. The summed E-state index contributed by atoms with van der Waals surface area (Å²) in [6.45, 7) is 5.99. The number of halogens is 3. The number of hydrogen-bond donors (Lipinski definition) is 1. The second kappa shape index (κ2) is 9.29. The fourth-order valence-corrected chi connectivity index (χ4v) is 4.31. The summed E-state index contributed by atoms with van der Waals surface area (Å²) in [7, 11) is 0. The fraction of sp³-hybridized carbons (Fsp3) is 0.148. The minimum Gasteiger partial charge on any atom is -0.352 e. The number of fused-ring (bicyclic) bond motifs is 2. The van der Waals surface area contributed by atoms with Crippen LogP contribution < -0.4 is 10.7 Å². The molecule has 0 saturated carbocycles. The third-order valence-corrected chi connectivity index (χ3v) is 6.33. The van der Waals surface area contributed by atoms with Crippen molar-refractivity contribution in [3.05, 3.63) is 93.8 Å². The van der Waals surface area contributed by atoms with Gasteiger partial charge < -0.3 is 9.88 Å². The lowest BCUT2D eigenvalue weighted by atomic mass is 10.1. The van der Waals surface area contributed by atoms with Crippen LogP contribution >= 0.6 is 23.2 Å². The number of aryl methyl sites for hydroxylation is 1. The molecule has 1 aliphatic heterocycles. The first-order valence-electron chi connectivity index (χ1n) is 11.1. The maximum Gasteiger partial charge on any atom is 0.125 e. The molecule has 0 fully saturated rings. The molecule has 1 aromatic heterocycles. The zero-order chi connectivity index (χ0) is 24.7. The van der Waals surface area contributed by atoms with E-state index in [4.69, 9.17) is 33.2 Å². The molecular weight excluding hydrogens is 484 g/mol. The van der Waals surface area contributed by atoms with Gasteiger partial charge >= 0.3 is 0 Å². The average Bonchev–Trinajstić information content (AvgIpc) is 2.81. The molecule has 1 N–H and O–H groups in total. The van der Waals surface area contributed by atoms with Gasteiger partial charge in [-0.1, -0.05) is 23.2 Å². The summed E-state index contributed by atoms with van der Waals surface area (Å²) in [5, 5.41) is 5.11. The molecule has 0 spiro atoms. The predicted octanol–water partition coefficient (Wildman–Crippen LogP) is 7.33. The summed E-state index contributed by atoms with van der Waals surface area (Å²) in [6, 6.07) is 17.8. The van der Waals surface area contributed by atoms with Crippen molar-refractivity contribution in [2.45, 2.75) is 26.8 Å². The number of nitrogens with zero attached hydrogens (tertiary/aromatic N) is 4. The lowest BCUT2D eigenvalue weighted by molar-refractivity contribution is 0.629. The fourth-order valence-electron chi connectivity index (χ4n) is 4.02. The van der Waals surface area contributed by atoms with Crippen molar-refractivity contribution in [2.75, 3.05) is 5.32 Å². The van der Waals surface area contributed by atoms with Crippen LogP contribution in [-0.2, 0) is 0 Å². The molecule has 8 heteroatoms.